The molecule has 2 unspecified atom stereocenters. The van der Waals surface area contributed by atoms with Crippen LogP contribution in [-0.4, -0.2) is 24.0 Å². The van der Waals surface area contributed by atoms with Crippen LogP contribution >= 0.6 is 27.5 Å². The van der Waals surface area contributed by atoms with Gasteiger partial charge in [0.25, 0.3) is 0 Å². The van der Waals surface area contributed by atoms with E-state index in [1.807, 2.05) is 12.1 Å². The number of nitrogens with zero attached hydrogens (tertiary/aromatic N) is 1. The normalized spacial score (nSPS) is 25.4. The molecule has 0 aliphatic carbocycles. The molecular weight excluding hydrogens is 300 g/mol. The highest BCUT2D eigenvalue weighted by Crippen LogP contribution is 2.36. The van der Waals surface area contributed by atoms with Crippen molar-refractivity contribution in [1.29, 1.82) is 0 Å². The van der Waals surface area contributed by atoms with Crippen molar-refractivity contribution in [3.05, 3.63) is 33.3 Å². The summed E-state index contributed by atoms with van der Waals surface area (Å²) < 4.78 is 1.06. The molecule has 0 amide bonds. The molecule has 1 aromatic rings. The second-order valence-electron chi connectivity index (χ2n) is 4.60. The van der Waals surface area contributed by atoms with E-state index in [4.69, 9.17) is 17.3 Å². The molecule has 2 atom stereocenters. The van der Waals surface area contributed by atoms with E-state index < -0.39 is 0 Å². The van der Waals surface area contributed by atoms with E-state index in [2.05, 4.69) is 33.8 Å². The van der Waals surface area contributed by atoms with Crippen LogP contribution in [0.15, 0.2) is 22.7 Å². The highest BCUT2D eigenvalue weighted by Gasteiger charge is 2.33. The average molecular weight is 318 g/mol. The van der Waals surface area contributed by atoms with E-state index in [0.29, 0.717) is 6.04 Å². The molecule has 94 valence electrons. The first-order valence-electron chi connectivity index (χ1n) is 6.08. The Morgan fingerprint density at radius 3 is 2.94 bits per heavy atom. The lowest BCUT2D eigenvalue weighted by atomic mass is 10.0. The van der Waals surface area contributed by atoms with Gasteiger partial charge < -0.3 is 5.73 Å². The van der Waals surface area contributed by atoms with Crippen LogP contribution in [0.5, 0.6) is 0 Å². The highest BCUT2D eigenvalue weighted by molar-refractivity contribution is 9.10. The van der Waals surface area contributed by atoms with Crippen LogP contribution in [0.4, 0.5) is 0 Å². The SMILES string of the molecule is CCCN1CCC(N)C1c1ccc(Cl)cc1Br. The minimum absolute atomic E-state index is 0.221. The van der Waals surface area contributed by atoms with Crippen molar-refractivity contribution >= 4 is 27.5 Å². The van der Waals surface area contributed by atoms with Crippen molar-refractivity contribution in [2.75, 3.05) is 13.1 Å². The van der Waals surface area contributed by atoms with Gasteiger partial charge in [0.2, 0.25) is 0 Å². The van der Waals surface area contributed by atoms with Crippen molar-refractivity contribution in [1.82, 2.24) is 4.90 Å². The lowest BCUT2D eigenvalue weighted by Gasteiger charge is -2.27. The minimum Gasteiger partial charge on any atom is -0.326 e. The van der Waals surface area contributed by atoms with Gasteiger partial charge in [-0.05, 0) is 37.1 Å². The molecule has 0 radical (unpaired) electrons. The third kappa shape index (κ3) is 2.84. The van der Waals surface area contributed by atoms with Gasteiger partial charge in [-0.1, -0.05) is 40.5 Å². The van der Waals surface area contributed by atoms with Crippen LogP contribution in [-0.2, 0) is 0 Å². The molecule has 2 N–H and O–H groups in total. The molecule has 0 aromatic heterocycles. The molecule has 2 nitrogen and oxygen atoms in total. The zero-order chi connectivity index (χ0) is 12.4. The second-order valence-corrected chi connectivity index (χ2v) is 5.89. The van der Waals surface area contributed by atoms with Gasteiger partial charge in [-0.15, -0.1) is 0 Å². The molecule has 0 bridgehead atoms. The Hall–Kier alpha value is -0.0900. The molecule has 1 saturated heterocycles. The van der Waals surface area contributed by atoms with Crippen molar-refractivity contribution in [2.45, 2.75) is 31.8 Å². The Balaban J connectivity index is 2.29. The molecule has 0 saturated carbocycles. The van der Waals surface area contributed by atoms with Crippen LogP contribution in [0, 0.1) is 0 Å². The zero-order valence-electron chi connectivity index (χ0n) is 10.00. The van der Waals surface area contributed by atoms with Crippen molar-refractivity contribution < 1.29 is 0 Å². The monoisotopic (exact) mass is 316 g/mol. The quantitative estimate of drug-likeness (QED) is 0.923. The number of rotatable bonds is 3. The van der Waals surface area contributed by atoms with Gasteiger partial charge in [-0.3, -0.25) is 4.90 Å². The summed E-state index contributed by atoms with van der Waals surface area (Å²) in [7, 11) is 0. The summed E-state index contributed by atoms with van der Waals surface area (Å²) in [6.07, 6.45) is 2.23. The standard InChI is InChI=1S/C13H18BrClN2/c1-2-6-17-7-5-12(16)13(17)10-4-3-9(15)8-11(10)14/h3-4,8,12-13H,2,5-7,16H2,1H3. The molecule has 1 fully saturated rings. The molecular formula is C13H18BrClN2. The third-order valence-corrected chi connectivity index (χ3v) is 4.26. The second kappa shape index (κ2) is 5.70. The fourth-order valence-corrected chi connectivity index (χ4v) is 3.51. The van der Waals surface area contributed by atoms with E-state index in [1.54, 1.807) is 0 Å². The van der Waals surface area contributed by atoms with Gasteiger partial charge in [0, 0.05) is 22.1 Å². The van der Waals surface area contributed by atoms with Crippen LogP contribution < -0.4 is 5.73 Å². The van der Waals surface area contributed by atoms with E-state index >= 15 is 0 Å². The molecule has 1 aromatic carbocycles. The summed E-state index contributed by atoms with van der Waals surface area (Å²) in [4.78, 5) is 2.47. The largest absolute Gasteiger partial charge is 0.326 e. The third-order valence-electron chi connectivity index (χ3n) is 3.34. The Labute approximate surface area is 116 Å². The van der Waals surface area contributed by atoms with Gasteiger partial charge in [-0.25, -0.2) is 0 Å². The maximum absolute atomic E-state index is 6.24. The zero-order valence-corrected chi connectivity index (χ0v) is 12.3. The Kier molecular flexibility index (Phi) is 4.47. The average Bonchev–Trinajstić information content (AvgIpc) is 2.62. The predicted molar refractivity (Wildman–Crippen MR) is 76.3 cm³/mol. The van der Waals surface area contributed by atoms with Crippen LogP contribution in [0.3, 0.4) is 0 Å². The van der Waals surface area contributed by atoms with Gasteiger partial charge >= 0.3 is 0 Å². The number of benzene rings is 1. The van der Waals surface area contributed by atoms with E-state index in [0.717, 1.165) is 35.4 Å². The molecule has 0 spiro atoms. The summed E-state index contributed by atoms with van der Waals surface area (Å²) in [6, 6.07) is 6.52. The Bertz CT molecular complexity index is 395. The topological polar surface area (TPSA) is 29.3 Å². The van der Waals surface area contributed by atoms with E-state index in [9.17, 15) is 0 Å². The number of halogens is 2. The molecule has 17 heavy (non-hydrogen) atoms. The van der Waals surface area contributed by atoms with E-state index in [-0.39, 0.29) is 6.04 Å². The minimum atomic E-state index is 0.221. The Morgan fingerprint density at radius 1 is 1.53 bits per heavy atom. The van der Waals surface area contributed by atoms with Gasteiger partial charge in [-0.2, -0.15) is 0 Å². The highest BCUT2D eigenvalue weighted by atomic mass is 79.9. The molecule has 4 heteroatoms. The van der Waals surface area contributed by atoms with Crippen molar-refractivity contribution in [3.8, 4) is 0 Å². The first kappa shape index (κ1) is 13.3. The number of nitrogens with two attached hydrogens (primary N) is 1. The van der Waals surface area contributed by atoms with Crippen molar-refractivity contribution in [3.63, 3.8) is 0 Å². The van der Waals surface area contributed by atoms with Gasteiger partial charge in [0.15, 0.2) is 0 Å². The summed E-state index contributed by atoms with van der Waals surface area (Å²) in [5.74, 6) is 0. The van der Waals surface area contributed by atoms with Gasteiger partial charge in [0.05, 0.1) is 6.04 Å². The molecule has 1 aliphatic heterocycles. The van der Waals surface area contributed by atoms with E-state index in [1.165, 1.54) is 5.56 Å². The maximum atomic E-state index is 6.24. The maximum Gasteiger partial charge on any atom is 0.0510 e. The van der Waals surface area contributed by atoms with Gasteiger partial charge in [0.1, 0.15) is 0 Å². The smallest absolute Gasteiger partial charge is 0.0510 e. The number of hydrogen-bond donors (Lipinski definition) is 1. The lowest BCUT2D eigenvalue weighted by Crippen LogP contribution is -2.32. The fourth-order valence-electron chi connectivity index (χ4n) is 2.59. The van der Waals surface area contributed by atoms with Crippen LogP contribution in [0.25, 0.3) is 0 Å². The Morgan fingerprint density at radius 2 is 2.29 bits per heavy atom. The summed E-state index contributed by atoms with van der Waals surface area (Å²) in [6.45, 7) is 4.40. The summed E-state index contributed by atoms with van der Waals surface area (Å²) >= 11 is 9.58. The van der Waals surface area contributed by atoms with Crippen molar-refractivity contribution in [2.24, 2.45) is 5.73 Å². The molecule has 1 heterocycles. The fraction of sp³-hybridized carbons (Fsp3) is 0.538. The summed E-state index contributed by atoms with van der Waals surface area (Å²) in [5.41, 5.74) is 7.50. The number of likely N-dealkylation sites (tertiary alicyclic amines) is 1. The number of hydrogen-bond acceptors (Lipinski definition) is 2. The first-order chi connectivity index (χ1) is 8.13. The molecule has 2 rings (SSSR count). The predicted octanol–water partition coefficient (Wildman–Crippen LogP) is 3.59. The lowest BCUT2D eigenvalue weighted by molar-refractivity contribution is 0.247. The van der Waals surface area contributed by atoms with Crippen LogP contribution in [0.1, 0.15) is 31.4 Å². The molecule has 1 aliphatic rings. The van der Waals surface area contributed by atoms with Crippen LogP contribution in [0.2, 0.25) is 5.02 Å². The first-order valence-corrected chi connectivity index (χ1v) is 7.25. The summed E-state index contributed by atoms with van der Waals surface area (Å²) in [5, 5.41) is 0.759.